The van der Waals surface area contributed by atoms with Gasteiger partial charge in [0.1, 0.15) is 5.75 Å². The Bertz CT molecular complexity index is 868. The van der Waals surface area contributed by atoms with Crippen molar-refractivity contribution in [2.45, 2.75) is 6.92 Å². The molecule has 23 heavy (non-hydrogen) atoms. The summed E-state index contributed by atoms with van der Waals surface area (Å²) in [6.45, 7) is 1.33. The van der Waals surface area contributed by atoms with E-state index >= 15 is 0 Å². The smallest absolute Gasteiger partial charge is 0.308 e. The minimum Gasteiger partial charge on any atom is -0.427 e. The Morgan fingerprint density at radius 2 is 1.74 bits per heavy atom. The number of carbonyl (C=O) groups is 2. The zero-order chi connectivity index (χ0) is 16.2. The van der Waals surface area contributed by atoms with E-state index in [0.717, 1.165) is 10.9 Å². The van der Waals surface area contributed by atoms with E-state index < -0.39 is 5.97 Å². The van der Waals surface area contributed by atoms with E-state index in [-0.39, 0.29) is 5.91 Å². The van der Waals surface area contributed by atoms with Crippen LogP contribution in [0.3, 0.4) is 0 Å². The predicted molar refractivity (Wildman–Crippen MR) is 87.4 cm³/mol. The molecule has 3 rings (SSSR count). The quantitative estimate of drug-likeness (QED) is 0.595. The molecular weight excluding hydrogens is 292 g/mol. The van der Waals surface area contributed by atoms with Crippen LogP contribution in [0.4, 0.5) is 5.69 Å². The fraction of sp³-hybridized carbons (Fsp3) is 0.0556. The molecule has 0 aliphatic carbocycles. The number of hydrogen-bond acceptors (Lipinski definition) is 4. The molecule has 0 saturated heterocycles. The first-order valence-corrected chi connectivity index (χ1v) is 7.07. The van der Waals surface area contributed by atoms with Gasteiger partial charge in [-0.05, 0) is 36.4 Å². The zero-order valence-corrected chi connectivity index (χ0v) is 12.4. The average Bonchev–Trinajstić information content (AvgIpc) is 2.55. The zero-order valence-electron chi connectivity index (χ0n) is 12.4. The molecule has 0 atom stereocenters. The molecular formula is C18H14N2O3. The Kier molecular flexibility index (Phi) is 4.01. The molecule has 0 aliphatic rings. The first kappa shape index (κ1) is 14.7. The molecule has 0 radical (unpaired) electrons. The molecule has 1 heterocycles. The fourth-order valence-electron chi connectivity index (χ4n) is 2.24. The van der Waals surface area contributed by atoms with Gasteiger partial charge in [-0.2, -0.15) is 0 Å². The third kappa shape index (κ3) is 3.35. The largest absolute Gasteiger partial charge is 0.427 e. The second kappa shape index (κ2) is 6.27. The summed E-state index contributed by atoms with van der Waals surface area (Å²) < 4.78 is 4.94. The highest BCUT2D eigenvalue weighted by Gasteiger charge is 2.09. The molecule has 114 valence electrons. The molecule has 5 heteroatoms. The SMILES string of the molecule is CC(=O)Oc1ccc(C(=O)Nc2cccc3cccnc23)cc1. The standard InChI is InChI=1S/C18H14N2O3/c1-12(21)23-15-9-7-14(8-10-15)18(22)20-16-6-2-4-13-5-3-11-19-17(13)16/h2-11H,1H3,(H,20,22). The molecule has 2 aromatic carbocycles. The number of amides is 1. The van der Waals surface area contributed by atoms with Gasteiger partial charge < -0.3 is 10.1 Å². The molecule has 1 amide bonds. The topological polar surface area (TPSA) is 68.3 Å². The minimum absolute atomic E-state index is 0.252. The van der Waals surface area contributed by atoms with Crippen molar-refractivity contribution in [3.05, 3.63) is 66.4 Å². The third-order valence-corrected chi connectivity index (χ3v) is 3.26. The van der Waals surface area contributed by atoms with Crippen molar-refractivity contribution in [2.24, 2.45) is 0 Å². The average molecular weight is 306 g/mol. The molecule has 0 saturated carbocycles. The van der Waals surface area contributed by atoms with E-state index in [9.17, 15) is 9.59 Å². The van der Waals surface area contributed by atoms with E-state index in [1.54, 1.807) is 36.5 Å². The van der Waals surface area contributed by atoms with Crippen molar-refractivity contribution in [3.63, 3.8) is 0 Å². The van der Waals surface area contributed by atoms with Crippen LogP contribution < -0.4 is 10.1 Å². The van der Waals surface area contributed by atoms with Gasteiger partial charge in [-0.1, -0.05) is 18.2 Å². The van der Waals surface area contributed by atoms with Crippen molar-refractivity contribution < 1.29 is 14.3 Å². The van der Waals surface area contributed by atoms with Crippen LogP contribution in [0.25, 0.3) is 10.9 Å². The number of fused-ring (bicyclic) bond motifs is 1. The predicted octanol–water partition coefficient (Wildman–Crippen LogP) is 3.41. The van der Waals surface area contributed by atoms with E-state index in [4.69, 9.17) is 4.74 Å². The summed E-state index contributed by atoms with van der Waals surface area (Å²) in [6, 6.07) is 15.8. The van der Waals surface area contributed by atoms with Crippen LogP contribution in [0, 0.1) is 0 Å². The molecule has 5 nitrogen and oxygen atoms in total. The maximum atomic E-state index is 12.3. The lowest BCUT2D eigenvalue weighted by atomic mass is 10.1. The van der Waals surface area contributed by atoms with Crippen LogP contribution in [0.2, 0.25) is 0 Å². The molecule has 1 aromatic heterocycles. The molecule has 0 unspecified atom stereocenters. The Hall–Kier alpha value is -3.21. The summed E-state index contributed by atoms with van der Waals surface area (Å²) in [4.78, 5) is 27.5. The third-order valence-electron chi connectivity index (χ3n) is 3.26. The van der Waals surface area contributed by atoms with Crippen molar-refractivity contribution >= 4 is 28.5 Å². The molecule has 0 bridgehead atoms. The minimum atomic E-state index is -0.399. The second-order valence-electron chi connectivity index (χ2n) is 4.95. The molecule has 0 spiro atoms. The van der Waals surface area contributed by atoms with Crippen molar-refractivity contribution in [1.29, 1.82) is 0 Å². The van der Waals surface area contributed by atoms with Crippen LogP contribution in [0.1, 0.15) is 17.3 Å². The van der Waals surface area contributed by atoms with Gasteiger partial charge in [-0.3, -0.25) is 14.6 Å². The lowest BCUT2D eigenvalue weighted by molar-refractivity contribution is -0.131. The van der Waals surface area contributed by atoms with E-state index in [2.05, 4.69) is 10.3 Å². The number of carbonyl (C=O) groups excluding carboxylic acids is 2. The van der Waals surface area contributed by atoms with Gasteiger partial charge in [-0.25, -0.2) is 0 Å². The maximum absolute atomic E-state index is 12.3. The Balaban J connectivity index is 1.82. The normalized spacial score (nSPS) is 10.3. The number of esters is 1. The van der Waals surface area contributed by atoms with Crippen LogP contribution in [0.15, 0.2) is 60.8 Å². The highest BCUT2D eigenvalue weighted by molar-refractivity contribution is 6.08. The summed E-state index contributed by atoms with van der Waals surface area (Å²) in [5.74, 6) is -0.248. The van der Waals surface area contributed by atoms with Gasteiger partial charge in [0.15, 0.2) is 0 Å². The fourth-order valence-corrected chi connectivity index (χ4v) is 2.24. The lowest BCUT2D eigenvalue weighted by Gasteiger charge is -2.08. The van der Waals surface area contributed by atoms with E-state index in [0.29, 0.717) is 17.0 Å². The number of rotatable bonds is 3. The Morgan fingerprint density at radius 3 is 2.48 bits per heavy atom. The summed E-state index contributed by atoms with van der Waals surface area (Å²) in [5.41, 5.74) is 1.85. The van der Waals surface area contributed by atoms with Crippen molar-refractivity contribution in [3.8, 4) is 5.75 Å². The van der Waals surface area contributed by atoms with Crippen molar-refractivity contribution in [2.75, 3.05) is 5.32 Å². The van der Waals surface area contributed by atoms with E-state index in [1.165, 1.54) is 6.92 Å². The molecule has 0 fully saturated rings. The first-order chi connectivity index (χ1) is 11.1. The molecule has 1 N–H and O–H groups in total. The monoisotopic (exact) mass is 306 g/mol. The van der Waals surface area contributed by atoms with Gasteiger partial charge in [0.05, 0.1) is 11.2 Å². The summed E-state index contributed by atoms with van der Waals surface area (Å²) in [6.07, 6.45) is 1.69. The number of benzene rings is 2. The highest BCUT2D eigenvalue weighted by atomic mass is 16.5. The van der Waals surface area contributed by atoms with Gasteiger partial charge in [0, 0.05) is 24.1 Å². The summed E-state index contributed by atoms with van der Waals surface area (Å²) in [5, 5.41) is 3.81. The van der Waals surface area contributed by atoms with Gasteiger partial charge in [0.2, 0.25) is 0 Å². The number of pyridine rings is 1. The summed E-state index contributed by atoms with van der Waals surface area (Å²) in [7, 11) is 0. The number of hydrogen-bond donors (Lipinski definition) is 1. The van der Waals surface area contributed by atoms with Crippen LogP contribution >= 0.6 is 0 Å². The number of ether oxygens (including phenoxy) is 1. The molecule has 3 aromatic rings. The number of aromatic nitrogens is 1. The van der Waals surface area contributed by atoms with Crippen LogP contribution in [0.5, 0.6) is 5.75 Å². The number of para-hydroxylation sites is 1. The van der Waals surface area contributed by atoms with Gasteiger partial charge in [-0.15, -0.1) is 0 Å². The Labute approximate surface area is 132 Å². The summed E-state index contributed by atoms with van der Waals surface area (Å²) >= 11 is 0. The number of nitrogens with zero attached hydrogens (tertiary/aromatic N) is 1. The Morgan fingerprint density at radius 1 is 1.00 bits per heavy atom. The van der Waals surface area contributed by atoms with Gasteiger partial charge in [0.25, 0.3) is 5.91 Å². The first-order valence-electron chi connectivity index (χ1n) is 7.07. The highest BCUT2D eigenvalue weighted by Crippen LogP contribution is 2.21. The second-order valence-corrected chi connectivity index (χ2v) is 4.95. The van der Waals surface area contributed by atoms with Crippen LogP contribution in [-0.2, 0) is 4.79 Å². The number of nitrogens with one attached hydrogen (secondary N) is 1. The lowest BCUT2D eigenvalue weighted by Crippen LogP contribution is -2.12. The van der Waals surface area contributed by atoms with Crippen molar-refractivity contribution in [1.82, 2.24) is 4.98 Å². The number of anilines is 1. The maximum Gasteiger partial charge on any atom is 0.308 e. The van der Waals surface area contributed by atoms with E-state index in [1.807, 2.05) is 24.3 Å². The van der Waals surface area contributed by atoms with Crippen LogP contribution in [-0.4, -0.2) is 16.9 Å². The van der Waals surface area contributed by atoms with Gasteiger partial charge >= 0.3 is 5.97 Å². The molecule has 0 aliphatic heterocycles.